The molecule has 1 aromatic carbocycles. The van der Waals surface area contributed by atoms with Crippen molar-refractivity contribution < 1.29 is 14.3 Å². The fraction of sp³-hybridized carbons (Fsp3) is 0.182. The van der Waals surface area contributed by atoms with Crippen LogP contribution in [-0.2, 0) is 16.0 Å². The van der Waals surface area contributed by atoms with Gasteiger partial charge in [-0.25, -0.2) is 0 Å². The second-order valence-electron chi connectivity index (χ2n) is 3.02. The van der Waals surface area contributed by atoms with E-state index in [1.54, 1.807) is 0 Å². The van der Waals surface area contributed by atoms with Crippen LogP contribution in [0.5, 0.6) is 0 Å². The minimum Gasteiger partial charge on any atom is -0.469 e. The first kappa shape index (κ1) is 12.4. The Kier molecular flexibility index (Phi) is 4.20. The van der Waals surface area contributed by atoms with E-state index in [1.807, 2.05) is 6.07 Å². The lowest BCUT2D eigenvalue weighted by Gasteiger charge is -2.05. The van der Waals surface area contributed by atoms with Crippen molar-refractivity contribution in [2.75, 3.05) is 7.11 Å². The average molecular weight is 282 g/mol. The van der Waals surface area contributed by atoms with Gasteiger partial charge in [-0.1, -0.05) is 0 Å². The van der Waals surface area contributed by atoms with Gasteiger partial charge in [0.05, 0.1) is 19.1 Å². The topological polar surface area (TPSA) is 67.2 Å². The Morgan fingerprint density at radius 3 is 2.81 bits per heavy atom. The molecule has 16 heavy (non-hydrogen) atoms. The van der Waals surface area contributed by atoms with Crippen molar-refractivity contribution in [3.8, 4) is 6.07 Å². The SMILES string of the molecule is COC(=O)Cc1cc(C=O)cc(Br)c1C#N. The van der Waals surface area contributed by atoms with Gasteiger partial charge in [-0.15, -0.1) is 0 Å². The molecule has 0 atom stereocenters. The normalized spacial score (nSPS) is 9.31. The minimum absolute atomic E-state index is 0.0281. The zero-order chi connectivity index (χ0) is 12.1. The smallest absolute Gasteiger partial charge is 0.310 e. The molecule has 0 saturated carbocycles. The molecular formula is C11H8BrNO3. The van der Waals surface area contributed by atoms with E-state index in [9.17, 15) is 9.59 Å². The number of carbonyl (C=O) groups is 2. The summed E-state index contributed by atoms with van der Waals surface area (Å²) in [6, 6.07) is 5.02. The van der Waals surface area contributed by atoms with Crippen molar-refractivity contribution in [3.63, 3.8) is 0 Å². The van der Waals surface area contributed by atoms with Gasteiger partial charge in [-0.3, -0.25) is 9.59 Å². The van der Waals surface area contributed by atoms with E-state index in [0.29, 0.717) is 27.4 Å². The Hall–Kier alpha value is -1.67. The highest BCUT2D eigenvalue weighted by Gasteiger charge is 2.12. The van der Waals surface area contributed by atoms with E-state index in [4.69, 9.17) is 5.26 Å². The van der Waals surface area contributed by atoms with E-state index < -0.39 is 5.97 Å². The molecule has 5 heteroatoms. The van der Waals surface area contributed by atoms with Gasteiger partial charge in [-0.2, -0.15) is 5.26 Å². The van der Waals surface area contributed by atoms with E-state index >= 15 is 0 Å². The number of nitriles is 1. The fourth-order valence-corrected chi connectivity index (χ4v) is 1.85. The Morgan fingerprint density at radius 2 is 2.31 bits per heavy atom. The van der Waals surface area contributed by atoms with Gasteiger partial charge in [0.2, 0.25) is 0 Å². The van der Waals surface area contributed by atoms with Crippen LogP contribution < -0.4 is 0 Å². The van der Waals surface area contributed by atoms with Gasteiger partial charge in [0, 0.05) is 10.0 Å². The summed E-state index contributed by atoms with van der Waals surface area (Å²) in [5.41, 5.74) is 1.23. The Morgan fingerprint density at radius 1 is 1.62 bits per heavy atom. The number of benzene rings is 1. The van der Waals surface area contributed by atoms with Crippen molar-refractivity contribution in [1.29, 1.82) is 5.26 Å². The summed E-state index contributed by atoms with van der Waals surface area (Å²) in [7, 11) is 1.27. The Bertz CT molecular complexity index is 477. The second kappa shape index (κ2) is 5.42. The predicted molar refractivity (Wildman–Crippen MR) is 60.0 cm³/mol. The molecule has 0 amide bonds. The van der Waals surface area contributed by atoms with Gasteiger partial charge in [0.1, 0.15) is 12.4 Å². The lowest BCUT2D eigenvalue weighted by molar-refractivity contribution is -0.139. The quantitative estimate of drug-likeness (QED) is 0.626. The predicted octanol–water partition coefficient (Wildman–Crippen LogP) is 1.85. The van der Waals surface area contributed by atoms with E-state index in [-0.39, 0.29) is 6.42 Å². The van der Waals surface area contributed by atoms with Gasteiger partial charge in [0.15, 0.2) is 0 Å². The summed E-state index contributed by atoms with van der Waals surface area (Å²) < 4.78 is 5.01. The van der Waals surface area contributed by atoms with Gasteiger partial charge in [0.25, 0.3) is 0 Å². The molecule has 0 aromatic heterocycles. The highest BCUT2D eigenvalue weighted by atomic mass is 79.9. The molecular weight excluding hydrogens is 274 g/mol. The zero-order valence-corrected chi connectivity index (χ0v) is 10.1. The molecule has 1 rings (SSSR count). The maximum atomic E-state index is 11.1. The number of rotatable bonds is 3. The molecule has 0 N–H and O–H groups in total. The minimum atomic E-state index is -0.452. The monoisotopic (exact) mass is 281 g/mol. The number of hydrogen-bond donors (Lipinski definition) is 0. The standard InChI is InChI=1S/C11H8BrNO3/c1-16-11(15)4-8-2-7(6-14)3-10(12)9(8)5-13/h2-3,6H,4H2,1H3. The third-order valence-electron chi connectivity index (χ3n) is 2.00. The van der Waals surface area contributed by atoms with E-state index in [0.717, 1.165) is 0 Å². The van der Waals surface area contributed by atoms with Crippen LogP contribution in [0.2, 0.25) is 0 Å². The number of methoxy groups -OCH3 is 1. The molecule has 0 spiro atoms. The maximum Gasteiger partial charge on any atom is 0.310 e. The molecule has 0 aliphatic heterocycles. The highest BCUT2D eigenvalue weighted by molar-refractivity contribution is 9.10. The number of nitrogens with zero attached hydrogens (tertiary/aromatic N) is 1. The first-order chi connectivity index (χ1) is 7.62. The Balaban J connectivity index is 3.24. The highest BCUT2D eigenvalue weighted by Crippen LogP contribution is 2.22. The number of hydrogen-bond acceptors (Lipinski definition) is 4. The van der Waals surface area contributed by atoms with Crippen LogP contribution in [0.25, 0.3) is 0 Å². The molecule has 4 nitrogen and oxygen atoms in total. The van der Waals surface area contributed by atoms with Crippen LogP contribution in [0.1, 0.15) is 21.5 Å². The molecule has 0 bridgehead atoms. The lowest BCUT2D eigenvalue weighted by Crippen LogP contribution is -2.07. The number of ether oxygens (including phenoxy) is 1. The molecule has 0 radical (unpaired) electrons. The average Bonchev–Trinajstić information content (AvgIpc) is 2.28. The maximum absolute atomic E-state index is 11.1. The number of carbonyl (C=O) groups excluding carboxylic acids is 2. The van der Waals surface area contributed by atoms with Crippen LogP contribution in [0.3, 0.4) is 0 Å². The second-order valence-corrected chi connectivity index (χ2v) is 3.87. The number of esters is 1. The van der Waals surface area contributed by atoms with Gasteiger partial charge >= 0.3 is 5.97 Å². The van der Waals surface area contributed by atoms with Crippen LogP contribution in [0.15, 0.2) is 16.6 Å². The van der Waals surface area contributed by atoms with Crippen molar-refractivity contribution in [2.45, 2.75) is 6.42 Å². The molecule has 1 aromatic rings. The zero-order valence-electron chi connectivity index (χ0n) is 8.49. The van der Waals surface area contributed by atoms with Gasteiger partial charge < -0.3 is 4.74 Å². The molecule has 0 saturated heterocycles. The first-order valence-electron chi connectivity index (χ1n) is 4.37. The molecule has 0 fully saturated rings. The molecule has 82 valence electrons. The van der Waals surface area contributed by atoms with Crippen LogP contribution in [0.4, 0.5) is 0 Å². The molecule has 0 aliphatic carbocycles. The summed E-state index contributed by atoms with van der Waals surface area (Å²) in [5, 5.41) is 8.93. The van der Waals surface area contributed by atoms with Crippen LogP contribution in [-0.4, -0.2) is 19.4 Å². The summed E-state index contributed by atoms with van der Waals surface area (Å²) in [6.45, 7) is 0. The Labute approximate surface area is 101 Å². The van der Waals surface area contributed by atoms with E-state index in [1.165, 1.54) is 19.2 Å². The van der Waals surface area contributed by atoms with Crippen molar-refractivity contribution in [2.24, 2.45) is 0 Å². The summed E-state index contributed by atoms with van der Waals surface area (Å²) in [5.74, 6) is -0.452. The number of halogens is 1. The third kappa shape index (κ3) is 2.67. The van der Waals surface area contributed by atoms with Crippen molar-refractivity contribution >= 4 is 28.2 Å². The molecule has 0 aliphatic rings. The summed E-state index contributed by atoms with van der Waals surface area (Å²) in [4.78, 5) is 21.8. The van der Waals surface area contributed by atoms with Gasteiger partial charge in [-0.05, 0) is 33.6 Å². The van der Waals surface area contributed by atoms with Crippen molar-refractivity contribution in [1.82, 2.24) is 0 Å². The fourth-order valence-electron chi connectivity index (χ4n) is 1.25. The van der Waals surface area contributed by atoms with Crippen LogP contribution >= 0.6 is 15.9 Å². The molecule has 0 unspecified atom stereocenters. The van der Waals surface area contributed by atoms with E-state index in [2.05, 4.69) is 20.7 Å². The van der Waals surface area contributed by atoms with Crippen LogP contribution in [0, 0.1) is 11.3 Å². The summed E-state index contributed by atoms with van der Waals surface area (Å²) in [6.07, 6.45) is 0.631. The lowest BCUT2D eigenvalue weighted by atomic mass is 10.0. The first-order valence-corrected chi connectivity index (χ1v) is 5.16. The summed E-state index contributed by atoms with van der Waals surface area (Å²) >= 11 is 3.18. The molecule has 0 heterocycles. The van der Waals surface area contributed by atoms with Crippen molar-refractivity contribution in [3.05, 3.63) is 33.3 Å². The largest absolute Gasteiger partial charge is 0.469 e. The number of aldehydes is 1. The third-order valence-corrected chi connectivity index (χ3v) is 2.63.